The fourth-order valence-electron chi connectivity index (χ4n) is 4.96. The van der Waals surface area contributed by atoms with Crippen LogP contribution in [-0.4, -0.2) is 23.8 Å². The predicted molar refractivity (Wildman–Crippen MR) is 117 cm³/mol. The SMILES string of the molecule is COc1cc(Br)cc2c1OC1=C(C(=O)CC(C)(C)C1)[C@@H]2C1=C(O)CC(C)(C)CC1=O. The standard InChI is InChI=1S/C24H27BrO5/c1-23(2)8-14(26)20(15(27)9-23)19-13-6-12(25)7-17(29-5)22(13)30-18-11-24(3,4)10-16(28)21(18)19/h6-7,19,26H,8-11H2,1-5H3/t19-/m0/s1. The third-order valence-electron chi connectivity index (χ3n) is 6.16. The van der Waals surface area contributed by atoms with Crippen molar-refractivity contribution in [3.05, 3.63) is 44.8 Å². The number of benzene rings is 1. The molecule has 0 aromatic heterocycles. The molecule has 3 aliphatic rings. The van der Waals surface area contributed by atoms with Gasteiger partial charge in [-0.05, 0) is 23.0 Å². The van der Waals surface area contributed by atoms with Gasteiger partial charge in [0.25, 0.3) is 0 Å². The lowest BCUT2D eigenvalue weighted by molar-refractivity contribution is -0.119. The van der Waals surface area contributed by atoms with E-state index in [-0.39, 0.29) is 28.2 Å². The van der Waals surface area contributed by atoms with Crippen molar-refractivity contribution in [2.45, 2.75) is 59.3 Å². The molecule has 1 aromatic carbocycles. The van der Waals surface area contributed by atoms with Crippen LogP contribution in [-0.2, 0) is 9.59 Å². The summed E-state index contributed by atoms with van der Waals surface area (Å²) >= 11 is 3.50. The van der Waals surface area contributed by atoms with Crippen molar-refractivity contribution in [2.75, 3.05) is 7.11 Å². The van der Waals surface area contributed by atoms with Gasteiger partial charge < -0.3 is 14.6 Å². The summed E-state index contributed by atoms with van der Waals surface area (Å²) < 4.78 is 12.6. The van der Waals surface area contributed by atoms with Gasteiger partial charge >= 0.3 is 0 Å². The lowest BCUT2D eigenvalue weighted by Gasteiger charge is -2.40. The first kappa shape index (κ1) is 21.2. The Bertz CT molecular complexity index is 1030. The Kier molecular flexibility index (Phi) is 4.92. The van der Waals surface area contributed by atoms with Gasteiger partial charge in [-0.3, -0.25) is 9.59 Å². The van der Waals surface area contributed by atoms with Crippen molar-refractivity contribution in [1.82, 2.24) is 0 Å². The first-order chi connectivity index (χ1) is 13.9. The fraction of sp³-hybridized carbons (Fsp3) is 0.500. The molecule has 2 aliphatic carbocycles. The molecule has 0 saturated carbocycles. The summed E-state index contributed by atoms with van der Waals surface area (Å²) in [6, 6.07) is 3.66. The van der Waals surface area contributed by atoms with Gasteiger partial charge in [-0.15, -0.1) is 0 Å². The molecule has 1 aliphatic heterocycles. The van der Waals surface area contributed by atoms with Gasteiger partial charge in [0, 0.05) is 46.9 Å². The molecule has 0 fully saturated rings. The summed E-state index contributed by atoms with van der Waals surface area (Å²) in [7, 11) is 1.56. The molecule has 160 valence electrons. The van der Waals surface area contributed by atoms with Crippen LogP contribution in [0.3, 0.4) is 0 Å². The maximum Gasteiger partial charge on any atom is 0.173 e. The van der Waals surface area contributed by atoms with Gasteiger partial charge in [0.05, 0.1) is 13.0 Å². The Morgan fingerprint density at radius 1 is 1.00 bits per heavy atom. The van der Waals surface area contributed by atoms with Crippen LogP contribution in [0.4, 0.5) is 0 Å². The number of halogens is 1. The van der Waals surface area contributed by atoms with Crippen molar-refractivity contribution < 1.29 is 24.2 Å². The number of carbonyl (C=O) groups excluding carboxylic acids is 2. The molecule has 0 spiro atoms. The lowest BCUT2D eigenvalue weighted by Crippen LogP contribution is -2.36. The third kappa shape index (κ3) is 3.49. The Hall–Kier alpha value is -2.08. The summed E-state index contributed by atoms with van der Waals surface area (Å²) in [5.41, 5.74) is 0.928. The number of fused-ring (bicyclic) bond motifs is 1. The molecule has 0 unspecified atom stereocenters. The van der Waals surface area contributed by atoms with E-state index in [1.54, 1.807) is 13.2 Å². The Morgan fingerprint density at radius 3 is 2.20 bits per heavy atom. The largest absolute Gasteiger partial charge is 0.512 e. The average molecular weight is 475 g/mol. The van der Waals surface area contributed by atoms with Crippen LogP contribution in [0.5, 0.6) is 11.5 Å². The van der Waals surface area contributed by atoms with Crippen LogP contribution in [0.2, 0.25) is 0 Å². The molecule has 1 atom stereocenters. The number of hydrogen-bond acceptors (Lipinski definition) is 5. The molecule has 1 aromatic rings. The second-order valence-corrected chi connectivity index (χ2v) is 11.1. The van der Waals surface area contributed by atoms with Gasteiger partial charge in [0.15, 0.2) is 23.1 Å². The van der Waals surface area contributed by atoms with Crippen LogP contribution < -0.4 is 9.47 Å². The van der Waals surface area contributed by atoms with E-state index in [1.165, 1.54) is 0 Å². The maximum atomic E-state index is 13.3. The first-order valence-corrected chi connectivity index (χ1v) is 11.0. The highest BCUT2D eigenvalue weighted by Crippen LogP contribution is 2.55. The number of ether oxygens (including phenoxy) is 2. The second-order valence-electron chi connectivity index (χ2n) is 10.1. The Morgan fingerprint density at radius 2 is 1.60 bits per heavy atom. The zero-order chi connectivity index (χ0) is 22.0. The third-order valence-corrected chi connectivity index (χ3v) is 6.62. The highest BCUT2D eigenvalue weighted by Gasteiger charge is 2.47. The number of aliphatic hydroxyl groups excluding tert-OH is 1. The number of aliphatic hydroxyl groups is 1. The number of allylic oxidation sites excluding steroid dienone is 4. The van der Waals surface area contributed by atoms with E-state index < -0.39 is 5.92 Å². The molecule has 1 N–H and O–H groups in total. The molecular weight excluding hydrogens is 448 g/mol. The molecule has 0 saturated heterocycles. The van der Waals surface area contributed by atoms with E-state index in [2.05, 4.69) is 15.9 Å². The van der Waals surface area contributed by atoms with Crippen molar-refractivity contribution >= 4 is 27.5 Å². The van der Waals surface area contributed by atoms with E-state index in [1.807, 2.05) is 33.8 Å². The first-order valence-electron chi connectivity index (χ1n) is 10.2. The van der Waals surface area contributed by atoms with Crippen LogP contribution >= 0.6 is 15.9 Å². The molecule has 0 bridgehead atoms. The molecule has 0 amide bonds. The second kappa shape index (κ2) is 6.98. The van der Waals surface area contributed by atoms with Crippen LogP contribution in [0.15, 0.2) is 39.3 Å². The average Bonchev–Trinajstić information content (AvgIpc) is 2.58. The zero-order valence-corrected chi connectivity index (χ0v) is 19.6. The molecular formula is C24H27BrO5. The van der Waals surface area contributed by atoms with E-state index in [0.717, 1.165) is 4.47 Å². The molecule has 1 heterocycles. The monoisotopic (exact) mass is 474 g/mol. The van der Waals surface area contributed by atoms with Crippen LogP contribution in [0.25, 0.3) is 0 Å². The number of hydrogen-bond donors (Lipinski definition) is 1. The van der Waals surface area contributed by atoms with Gasteiger partial charge in [0.2, 0.25) is 0 Å². The van der Waals surface area contributed by atoms with Crippen molar-refractivity contribution in [3.8, 4) is 11.5 Å². The summed E-state index contributed by atoms with van der Waals surface area (Å²) in [6.07, 6.45) is 1.68. The molecule has 6 heteroatoms. The zero-order valence-electron chi connectivity index (χ0n) is 18.0. The fourth-order valence-corrected chi connectivity index (χ4v) is 5.42. The predicted octanol–water partition coefficient (Wildman–Crippen LogP) is 5.78. The quantitative estimate of drug-likeness (QED) is 0.587. The summed E-state index contributed by atoms with van der Waals surface area (Å²) in [4.78, 5) is 26.5. The van der Waals surface area contributed by atoms with E-state index in [9.17, 15) is 14.7 Å². The van der Waals surface area contributed by atoms with Crippen molar-refractivity contribution in [3.63, 3.8) is 0 Å². The molecule has 30 heavy (non-hydrogen) atoms. The molecule has 5 nitrogen and oxygen atoms in total. The van der Waals surface area contributed by atoms with Crippen LogP contribution in [0, 0.1) is 10.8 Å². The van der Waals surface area contributed by atoms with Crippen LogP contribution in [0.1, 0.15) is 64.9 Å². The summed E-state index contributed by atoms with van der Waals surface area (Å²) in [6.45, 7) is 8.00. The van der Waals surface area contributed by atoms with Gasteiger partial charge in [-0.2, -0.15) is 0 Å². The van der Waals surface area contributed by atoms with Gasteiger partial charge in [-0.25, -0.2) is 0 Å². The topological polar surface area (TPSA) is 72.8 Å². The molecule has 4 rings (SSSR count). The van der Waals surface area contributed by atoms with E-state index in [4.69, 9.17) is 9.47 Å². The Balaban J connectivity index is 2.00. The molecule has 0 radical (unpaired) electrons. The number of Topliss-reactive ketones (excluding diaryl/α,β-unsaturated/α-hetero) is 2. The van der Waals surface area contributed by atoms with Gasteiger partial charge in [-0.1, -0.05) is 43.6 Å². The minimum absolute atomic E-state index is 0.0335. The van der Waals surface area contributed by atoms with Gasteiger partial charge in [0.1, 0.15) is 11.5 Å². The van der Waals surface area contributed by atoms with Crippen molar-refractivity contribution in [2.24, 2.45) is 10.8 Å². The summed E-state index contributed by atoms with van der Waals surface area (Å²) in [5, 5.41) is 11.0. The van der Waals surface area contributed by atoms with E-state index in [0.29, 0.717) is 59.7 Å². The van der Waals surface area contributed by atoms with Crippen molar-refractivity contribution in [1.29, 1.82) is 0 Å². The summed E-state index contributed by atoms with van der Waals surface area (Å²) in [5.74, 6) is 0.870. The normalized spacial score (nSPS) is 24.9. The highest BCUT2D eigenvalue weighted by atomic mass is 79.9. The minimum atomic E-state index is -0.651. The number of rotatable bonds is 2. The number of ketones is 2. The van der Waals surface area contributed by atoms with E-state index >= 15 is 0 Å². The maximum absolute atomic E-state index is 13.3. The Labute approximate surface area is 185 Å². The lowest BCUT2D eigenvalue weighted by atomic mass is 9.66. The minimum Gasteiger partial charge on any atom is -0.512 e. The highest BCUT2D eigenvalue weighted by molar-refractivity contribution is 9.10. The smallest absolute Gasteiger partial charge is 0.173 e. The number of methoxy groups -OCH3 is 1. The number of carbonyl (C=O) groups is 2.